The number of ether oxygens (including phenoxy) is 1. The highest BCUT2D eigenvalue weighted by atomic mass is 32.2. The normalized spacial score (nSPS) is 10.7. The third-order valence-corrected chi connectivity index (χ3v) is 3.25. The van der Waals surface area contributed by atoms with Gasteiger partial charge in [-0.3, -0.25) is 5.14 Å². The van der Waals surface area contributed by atoms with E-state index in [9.17, 15) is 4.79 Å². The van der Waals surface area contributed by atoms with Gasteiger partial charge in [0.2, 0.25) is 0 Å². The fraction of sp³-hybridized carbons (Fsp3) is 0.500. The zero-order valence-electron chi connectivity index (χ0n) is 9.07. The van der Waals surface area contributed by atoms with E-state index in [0.717, 1.165) is 10.4 Å². The maximum atomic E-state index is 11.7. The van der Waals surface area contributed by atoms with Gasteiger partial charge in [-0.25, -0.2) is 4.79 Å². The molecule has 0 aliphatic heterocycles. The molecule has 2 N–H and O–H groups in total. The van der Waals surface area contributed by atoms with Gasteiger partial charge in [-0.05, 0) is 32.4 Å². The van der Waals surface area contributed by atoms with Crippen LogP contribution in [-0.2, 0) is 10.5 Å². The molecule has 0 unspecified atom stereocenters. The van der Waals surface area contributed by atoms with Crippen LogP contribution in [0.1, 0.15) is 34.0 Å². The van der Waals surface area contributed by atoms with Gasteiger partial charge < -0.3 is 4.74 Å². The zero-order valence-corrected chi connectivity index (χ0v) is 10.7. The summed E-state index contributed by atoms with van der Waals surface area (Å²) in [6.45, 7) is 5.66. The van der Waals surface area contributed by atoms with Crippen LogP contribution in [-0.4, -0.2) is 12.1 Å². The van der Waals surface area contributed by atoms with Crippen LogP contribution in [0.15, 0.2) is 6.07 Å². The lowest BCUT2D eigenvalue weighted by Gasteiger charge is -2.07. The summed E-state index contributed by atoms with van der Waals surface area (Å²) < 4.78 is 5.16. The second-order valence-corrected chi connectivity index (χ2v) is 5.35. The van der Waals surface area contributed by atoms with E-state index in [1.54, 1.807) is 0 Å². The molecule has 0 bridgehead atoms. The molecule has 15 heavy (non-hydrogen) atoms. The van der Waals surface area contributed by atoms with Crippen molar-refractivity contribution in [3.8, 4) is 0 Å². The highest BCUT2D eigenvalue weighted by molar-refractivity contribution is 7.96. The Morgan fingerprint density at radius 3 is 2.87 bits per heavy atom. The molecular weight excluding hydrogens is 230 g/mol. The number of rotatable bonds is 4. The molecule has 0 amide bonds. The highest BCUT2D eigenvalue weighted by Crippen LogP contribution is 2.25. The average Bonchev–Trinajstić information content (AvgIpc) is 2.46. The Kier molecular flexibility index (Phi) is 4.63. The van der Waals surface area contributed by atoms with E-state index in [2.05, 4.69) is 0 Å². The molecule has 0 saturated carbocycles. The first-order valence-electron chi connectivity index (χ1n) is 4.66. The number of carbonyl (C=O) groups is 1. The summed E-state index contributed by atoms with van der Waals surface area (Å²) in [6, 6.07) is 1.99. The van der Waals surface area contributed by atoms with Crippen molar-refractivity contribution >= 4 is 29.3 Å². The first kappa shape index (κ1) is 12.5. The summed E-state index contributed by atoms with van der Waals surface area (Å²) in [5.41, 5.74) is 0.968. The van der Waals surface area contributed by atoms with Crippen LogP contribution >= 0.6 is 23.3 Å². The van der Waals surface area contributed by atoms with Crippen molar-refractivity contribution in [2.75, 3.05) is 0 Å². The first-order valence-corrected chi connectivity index (χ1v) is 6.53. The molecule has 0 saturated heterocycles. The Morgan fingerprint density at radius 1 is 1.67 bits per heavy atom. The number of hydrogen-bond acceptors (Lipinski definition) is 5. The molecule has 84 valence electrons. The number of carbonyl (C=O) groups excluding carboxylic acids is 1. The van der Waals surface area contributed by atoms with Crippen molar-refractivity contribution in [1.29, 1.82) is 0 Å². The van der Waals surface area contributed by atoms with E-state index in [-0.39, 0.29) is 12.1 Å². The molecule has 0 atom stereocenters. The van der Waals surface area contributed by atoms with Crippen molar-refractivity contribution < 1.29 is 9.53 Å². The van der Waals surface area contributed by atoms with Crippen LogP contribution in [0, 0.1) is 6.92 Å². The number of thiophene rings is 1. The van der Waals surface area contributed by atoms with E-state index in [1.165, 1.54) is 23.3 Å². The Bertz CT molecular complexity index is 347. The molecule has 0 aromatic carbocycles. The summed E-state index contributed by atoms with van der Waals surface area (Å²) in [6.07, 6.45) is -0.0849. The number of esters is 1. The topological polar surface area (TPSA) is 52.3 Å². The molecule has 1 aromatic heterocycles. The molecule has 1 aromatic rings. The summed E-state index contributed by atoms with van der Waals surface area (Å²) in [7, 11) is 0. The third kappa shape index (κ3) is 3.52. The van der Waals surface area contributed by atoms with Crippen LogP contribution in [0.4, 0.5) is 0 Å². The highest BCUT2D eigenvalue weighted by Gasteiger charge is 2.17. The molecule has 5 heteroatoms. The minimum atomic E-state index is -0.243. The van der Waals surface area contributed by atoms with E-state index in [0.29, 0.717) is 10.6 Å². The Hall–Kier alpha value is -0.520. The monoisotopic (exact) mass is 245 g/mol. The average molecular weight is 245 g/mol. The second-order valence-electron chi connectivity index (χ2n) is 3.48. The van der Waals surface area contributed by atoms with Crippen LogP contribution in [0.5, 0.6) is 0 Å². The largest absolute Gasteiger partial charge is 0.459 e. The van der Waals surface area contributed by atoms with Crippen LogP contribution in [0.25, 0.3) is 0 Å². The fourth-order valence-electron chi connectivity index (χ4n) is 1.20. The van der Waals surface area contributed by atoms with Crippen molar-refractivity contribution in [3.63, 3.8) is 0 Å². The van der Waals surface area contributed by atoms with Crippen molar-refractivity contribution in [3.05, 3.63) is 21.4 Å². The SMILES string of the molecule is Cc1cc(CSN)c(C(=O)OC(C)C)s1. The van der Waals surface area contributed by atoms with Gasteiger partial charge in [0.15, 0.2) is 0 Å². The molecule has 1 rings (SSSR count). The third-order valence-electron chi connectivity index (χ3n) is 1.70. The van der Waals surface area contributed by atoms with Crippen molar-refractivity contribution in [2.45, 2.75) is 32.6 Å². The standard InChI is InChI=1S/C10H15NO2S2/c1-6(2)13-10(12)9-8(5-14-11)4-7(3)15-9/h4,6H,5,11H2,1-3H3. The summed E-state index contributed by atoms with van der Waals surface area (Å²) >= 11 is 2.68. The predicted molar refractivity (Wildman–Crippen MR) is 65.1 cm³/mol. The molecule has 0 aliphatic rings. The number of aryl methyl sites for hydroxylation is 1. The second kappa shape index (κ2) is 5.53. The molecule has 0 aliphatic carbocycles. The zero-order chi connectivity index (χ0) is 11.4. The summed E-state index contributed by atoms with van der Waals surface area (Å²) in [4.78, 5) is 13.5. The van der Waals surface area contributed by atoms with Gasteiger partial charge in [0.1, 0.15) is 4.88 Å². The van der Waals surface area contributed by atoms with Crippen LogP contribution < -0.4 is 5.14 Å². The van der Waals surface area contributed by atoms with Gasteiger partial charge in [-0.15, -0.1) is 11.3 Å². The van der Waals surface area contributed by atoms with Crippen LogP contribution in [0.2, 0.25) is 0 Å². The minimum Gasteiger partial charge on any atom is -0.459 e. The lowest BCUT2D eigenvalue weighted by Crippen LogP contribution is -2.11. The molecule has 1 heterocycles. The van der Waals surface area contributed by atoms with Gasteiger partial charge >= 0.3 is 5.97 Å². The van der Waals surface area contributed by atoms with Crippen LogP contribution in [0.3, 0.4) is 0 Å². The lowest BCUT2D eigenvalue weighted by atomic mass is 10.2. The number of hydrogen-bond donors (Lipinski definition) is 1. The number of nitrogens with two attached hydrogens (primary N) is 1. The minimum absolute atomic E-state index is 0.0849. The molecule has 0 spiro atoms. The van der Waals surface area contributed by atoms with Gasteiger partial charge in [0.05, 0.1) is 6.10 Å². The molecule has 3 nitrogen and oxygen atoms in total. The van der Waals surface area contributed by atoms with E-state index in [4.69, 9.17) is 9.88 Å². The molecule has 0 fully saturated rings. The Morgan fingerprint density at radius 2 is 2.33 bits per heavy atom. The fourth-order valence-corrected chi connectivity index (χ4v) is 2.62. The Balaban J connectivity index is 2.86. The maximum Gasteiger partial charge on any atom is 0.348 e. The summed E-state index contributed by atoms with van der Waals surface area (Å²) in [5, 5.41) is 5.41. The molecule has 0 radical (unpaired) electrons. The van der Waals surface area contributed by atoms with Crippen molar-refractivity contribution in [2.24, 2.45) is 5.14 Å². The van der Waals surface area contributed by atoms with E-state index in [1.807, 2.05) is 26.8 Å². The quantitative estimate of drug-likeness (QED) is 0.654. The van der Waals surface area contributed by atoms with Gasteiger partial charge in [0.25, 0.3) is 0 Å². The van der Waals surface area contributed by atoms with Gasteiger partial charge in [-0.1, -0.05) is 11.9 Å². The van der Waals surface area contributed by atoms with Crippen molar-refractivity contribution in [1.82, 2.24) is 0 Å². The lowest BCUT2D eigenvalue weighted by molar-refractivity contribution is 0.0383. The van der Waals surface area contributed by atoms with Gasteiger partial charge in [-0.2, -0.15) is 0 Å². The summed E-state index contributed by atoms with van der Waals surface area (Å²) in [5.74, 6) is 0.402. The maximum absolute atomic E-state index is 11.7. The predicted octanol–water partition coefficient (Wildman–Crippen LogP) is 2.73. The first-order chi connectivity index (χ1) is 7.04. The Labute approximate surface area is 98.1 Å². The van der Waals surface area contributed by atoms with E-state index >= 15 is 0 Å². The molecular formula is C10H15NO2S2. The smallest absolute Gasteiger partial charge is 0.348 e. The van der Waals surface area contributed by atoms with Gasteiger partial charge in [0, 0.05) is 10.6 Å². The van der Waals surface area contributed by atoms with E-state index < -0.39 is 0 Å².